The van der Waals surface area contributed by atoms with Gasteiger partial charge in [-0.05, 0) is 30.4 Å². The zero-order valence-corrected chi connectivity index (χ0v) is 10.4. The van der Waals surface area contributed by atoms with Crippen LogP contribution in [0.3, 0.4) is 0 Å². The van der Waals surface area contributed by atoms with Crippen LogP contribution in [0, 0.1) is 11.8 Å². The number of rotatable bonds is 1. The molecule has 2 atom stereocenters. The van der Waals surface area contributed by atoms with Gasteiger partial charge >= 0.3 is 0 Å². The van der Waals surface area contributed by atoms with E-state index >= 15 is 0 Å². The Morgan fingerprint density at radius 1 is 1.35 bits per heavy atom. The number of anilines is 1. The fourth-order valence-corrected chi connectivity index (χ4v) is 2.56. The fourth-order valence-electron chi connectivity index (χ4n) is 2.56. The van der Waals surface area contributed by atoms with Gasteiger partial charge in [0.05, 0.1) is 0 Å². The first kappa shape index (κ1) is 11.9. The van der Waals surface area contributed by atoms with Crippen molar-refractivity contribution < 1.29 is 4.79 Å². The summed E-state index contributed by atoms with van der Waals surface area (Å²) in [4.78, 5) is 18.2. The number of carbonyl (C=O) groups is 1. The molecule has 0 bridgehead atoms. The topological polar surface area (TPSA) is 59.2 Å². The summed E-state index contributed by atoms with van der Waals surface area (Å²) in [5.41, 5.74) is 6.05. The Morgan fingerprint density at radius 3 is 2.59 bits per heavy atom. The monoisotopic (exact) mass is 233 g/mol. The predicted molar refractivity (Wildman–Crippen MR) is 67.5 cm³/mol. The molecule has 0 aromatic carbocycles. The maximum Gasteiger partial charge on any atom is 0.272 e. The predicted octanol–water partition coefficient (Wildman–Crippen LogP) is 1.78. The van der Waals surface area contributed by atoms with Gasteiger partial charge in [0, 0.05) is 13.1 Å². The van der Waals surface area contributed by atoms with Gasteiger partial charge in [-0.2, -0.15) is 0 Å². The van der Waals surface area contributed by atoms with E-state index in [1.54, 1.807) is 18.2 Å². The number of nitrogen functional groups attached to an aromatic ring is 1. The number of hydrogen-bond acceptors (Lipinski definition) is 3. The molecule has 2 heterocycles. The lowest BCUT2D eigenvalue weighted by molar-refractivity contribution is 0.0617. The van der Waals surface area contributed by atoms with Gasteiger partial charge < -0.3 is 10.6 Å². The summed E-state index contributed by atoms with van der Waals surface area (Å²) in [6.45, 7) is 6.00. The first-order valence-corrected chi connectivity index (χ1v) is 6.08. The normalized spacial score (nSPS) is 24.7. The van der Waals surface area contributed by atoms with E-state index in [1.165, 1.54) is 6.42 Å². The highest BCUT2D eigenvalue weighted by Crippen LogP contribution is 2.22. The number of amides is 1. The summed E-state index contributed by atoms with van der Waals surface area (Å²) in [6.07, 6.45) is 1.19. The van der Waals surface area contributed by atoms with E-state index in [9.17, 15) is 4.79 Å². The molecule has 0 spiro atoms. The average Bonchev–Trinajstić information content (AvgIpc) is 2.26. The van der Waals surface area contributed by atoms with Crippen molar-refractivity contribution in [1.82, 2.24) is 9.88 Å². The Bertz CT molecular complexity index is 409. The summed E-state index contributed by atoms with van der Waals surface area (Å²) < 4.78 is 0. The van der Waals surface area contributed by atoms with Gasteiger partial charge in [-0.1, -0.05) is 19.9 Å². The van der Waals surface area contributed by atoms with Crippen molar-refractivity contribution in [2.24, 2.45) is 11.8 Å². The van der Waals surface area contributed by atoms with Crippen molar-refractivity contribution >= 4 is 11.7 Å². The van der Waals surface area contributed by atoms with Crippen molar-refractivity contribution in [1.29, 1.82) is 0 Å². The zero-order chi connectivity index (χ0) is 12.4. The Hall–Kier alpha value is -1.58. The van der Waals surface area contributed by atoms with Crippen LogP contribution in [0.1, 0.15) is 30.8 Å². The minimum Gasteiger partial charge on any atom is -0.384 e. The number of carbonyl (C=O) groups excluding carboxylic acids is 1. The Kier molecular flexibility index (Phi) is 3.31. The first-order valence-electron chi connectivity index (χ1n) is 6.08. The van der Waals surface area contributed by atoms with Gasteiger partial charge in [-0.25, -0.2) is 4.98 Å². The molecule has 1 saturated heterocycles. The summed E-state index contributed by atoms with van der Waals surface area (Å²) >= 11 is 0. The van der Waals surface area contributed by atoms with E-state index in [1.807, 2.05) is 4.90 Å². The van der Waals surface area contributed by atoms with E-state index in [-0.39, 0.29) is 5.91 Å². The summed E-state index contributed by atoms with van der Waals surface area (Å²) in [5, 5.41) is 0. The van der Waals surface area contributed by atoms with Crippen LogP contribution in [0.15, 0.2) is 18.2 Å². The minimum atomic E-state index is -0.00398. The first-order chi connectivity index (χ1) is 8.06. The van der Waals surface area contributed by atoms with E-state index in [0.717, 1.165) is 13.1 Å². The van der Waals surface area contributed by atoms with Crippen molar-refractivity contribution in [3.63, 3.8) is 0 Å². The molecule has 2 rings (SSSR count). The molecule has 1 fully saturated rings. The lowest BCUT2D eigenvalue weighted by Crippen LogP contribution is -2.42. The molecule has 2 N–H and O–H groups in total. The van der Waals surface area contributed by atoms with Crippen molar-refractivity contribution in [2.45, 2.75) is 20.3 Å². The average molecular weight is 233 g/mol. The fraction of sp³-hybridized carbons (Fsp3) is 0.538. The molecule has 17 heavy (non-hydrogen) atoms. The van der Waals surface area contributed by atoms with E-state index in [2.05, 4.69) is 18.8 Å². The standard InChI is InChI=1S/C13H19N3O/c1-9-6-10(2)8-16(7-9)13(17)11-4-3-5-12(14)15-11/h3-5,9-10H,6-8H2,1-2H3,(H2,14,15). The molecule has 4 heteroatoms. The second-order valence-electron chi connectivity index (χ2n) is 5.10. The molecule has 1 aromatic heterocycles. The van der Waals surface area contributed by atoms with Crippen LogP contribution in [0.4, 0.5) is 5.82 Å². The lowest BCUT2D eigenvalue weighted by atomic mass is 9.92. The Morgan fingerprint density at radius 2 is 2.00 bits per heavy atom. The molecule has 4 nitrogen and oxygen atoms in total. The molecule has 2 unspecified atom stereocenters. The Labute approximate surface area is 102 Å². The molecule has 1 amide bonds. The minimum absolute atomic E-state index is 0.00398. The van der Waals surface area contributed by atoms with Gasteiger partial charge in [0.2, 0.25) is 0 Å². The number of aromatic nitrogens is 1. The molecule has 0 radical (unpaired) electrons. The second kappa shape index (κ2) is 4.73. The molecule has 0 saturated carbocycles. The molecule has 0 aliphatic carbocycles. The van der Waals surface area contributed by atoms with E-state index < -0.39 is 0 Å². The van der Waals surface area contributed by atoms with Crippen molar-refractivity contribution in [3.05, 3.63) is 23.9 Å². The number of likely N-dealkylation sites (tertiary alicyclic amines) is 1. The van der Waals surface area contributed by atoms with Crippen LogP contribution >= 0.6 is 0 Å². The van der Waals surface area contributed by atoms with Crippen LogP contribution in [0.2, 0.25) is 0 Å². The van der Waals surface area contributed by atoms with Crippen LogP contribution in [0.25, 0.3) is 0 Å². The van der Waals surface area contributed by atoms with Crippen molar-refractivity contribution in [2.75, 3.05) is 18.8 Å². The smallest absolute Gasteiger partial charge is 0.272 e. The molecular formula is C13H19N3O. The molecule has 92 valence electrons. The van der Waals surface area contributed by atoms with E-state index in [0.29, 0.717) is 23.3 Å². The number of hydrogen-bond donors (Lipinski definition) is 1. The van der Waals surface area contributed by atoms with Crippen LogP contribution in [-0.2, 0) is 0 Å². The van der Waals surface area contributed by atoms with Gasteiger partial charge in [0.15, 0.2) is 0 Å². The third-order valence-electron chi connectivity index (χ3n) is 3.15. The third kappa shape index (κ3) is 2.75. The summed E-state index contributed by atoms with van der Waals surface area (Å²) in [7, 11) is 0. The molecule has 1 aliphatic heterocycles. The molecular weight excluding hydrogens is 214 g/mol. The van der Waals surface area contributed by atoms with Crippen LogP contribution in [-0.4, -0.2) is 28.9 Å². The lowest BCUT2D eigenvalue weighted by Gasteiger charge is -2.34. The second-order valence-corrected chi connectivity index (χ2v) is 5.10. The maximum atomic E-state index is 12.3. The number of piperidine rings is 1. The molecule has 1 aromatic rings. The largest absolute Gasteiger partial charge is 0.384 e. The zero-order valence-electron chi connectivity index (χ0n) is 10.4. The summed E-state index contributed by atoms with van der Waals surface area (Å²) in [5.74, 6) is 1.51. The van der Waals surface area contributed by atoms with Crippen molar-refractivity contribution in [3.8, 4) is 0 Å². The SMILES string of the molecule is CC1CC(C)CN(C(=O)c2cccc(N)n2)C1. The maximum absolute atomic E-state index is 12.3. The van der Waals surface area contributed by atoms with E-state index in [4.69, 9.17) is 5.73 Å². The van der Waals surface area contributed by atoms with Gasteiger partial charge in [-0.3, -0.25) is 4.79 Å². The summed E-state index contributed by atoms with van der Waals surface area (Å²) in [6, 6.07) is 5.19. The van der Waals surface area contributed by atoms with Gasteiger partial charge in [0.25, 0.3) is 5.91 Å². The number of pyridine rings is 1. The molecule has 1 aliphatic rings. The number of nitrogens with zero attached hydrogens (tertiary/aromatic N) is 2. The van der Waals surface area contributed by atoms with Crippen LogP contribution < -0.4 is 5.73 Å². The Balaban J connectivity index is 2.14. The third-order valence-corrected chi connectivity index (χ3v) is 3.15. The van der Waals surface area contributed by atoms with Gasteiger partial charge in [-0.15, -0.1) is 0 Å². The highest BCUT2D eigenvalue weighted by atomic mass is 16.2. The number of nitrogens with two attached hydrogens (primary N) is 1. The van der Waals surface area contributed by atoms with Crippen LogP contribution in [0.5, 0.6) is 0 Å². The highest BCUT2D eigenvalue weighted by molar-refractivity contribution is 5.92. The van der Waals surface area contributed by atoms with Gasteiger partial charge in [0.1, 0.15) is 11.5 Å². The quantitative estimate of drug-likeness (QED) is 0.804. The highest BCUT2D eigenvalue weighted by Gasteiger charge is 2.26.